The van der Waals surface area contributed by atoms with E-state index in [1.165, 1.54) is 0 Å². The van der Waals surface area contributed by atoms with Gasteiger partial charge >= 0.3 is 12.0 Å². The van der Waals surface area contributed by atoms with Crippen molar-refractivity contribution in [3.05, 3.63) is 71.3 Å². The average molecular weight is 642 g/mol. The van der Waals surface area contributed by atoms with Crippen LogP contribution in [0.4, 0.5) is 4.79 Å². The second-order valence-corrected chi connectivity index (χ2v) is 12.2. The summed E-state index contributed by atoms with van der Waals surface area (Å²) in [5.41, 5.74) is 4.67. The Labute approximate surface area is 276 Å². The molecule has 0 aliphatic carbocycles. The molecule has 2 amide bonds. The number of nitrogens with zero attached hydrogens (tertiary/aromatic N) is 8. The lowest BCUT2D eigenvalue weighted by Crippen LogP contribution is -2.53. The van der Waals surface area contributed by atoms with E-state index in [-0.39, 0.29) is 11.7 Å². The van der Waals surface area contributed by atoms with Crippen LogP contribution in [-0.4, -0.2) is 101 Å². The molecule has 2 N–H and O–H groups in total. The summed E-state index contributed by atoms with van der Waals surface area (Å²) in [6.07, 6.45) is 5.68. The zero-order chi connectivity index (χ0) is 33.2. The van der Waals surface area contributed by atoms with Crippen molar-refractivity contribution in [3.63, 3.8) is 0 Å². The third-order valence-corrected chi connectivity index (χ3v) is 8.76. The number of aromatic carboxylic acids is 1. The zero-order valence-corrected chi connectivity index (χ0v) is 27.9. The average Bonchev–Trinajstić information content (AvgIpc) is 3.74. The maximum absolute atomic E-state index is 13.3. The second kappa shape index (κ2) is 16.3. The Morgan fingerprint density at radius 2 is 1.55 bits per heavy atom. The van der Waals surface area contributed by atoms with Crippen molar-refractivity contribution in [2.45, 2.75) is 72.4 Å². The van der Waals surface area contributed by atoms with Gasteiger partial charge in [0.15, 0.2) is 5.69 Å². The molecule has 12 nitrogen and oxygen atoms in total. The molecule has 3 heterocycles. The van der Waals surface area contributed by atoms with Crippen molar-refractivity contribution in [1.82, 2.24) is 44.9 Å². The van der Waals surface area contributed by atoms with E-state index in [1.54, 1.807) is 0 Å². The molecule has 2 aromatic carbocycles. The minimum Gasteiger partial charge on any atom is -0.477 e. The number of carbonyl (C=O) groups is 2. The topological polar surface area (TPSA) is 136 Å². The SMILES string of the molecule is CCCCN(CCCC)C(=O)N1CCN(Cc2nc(CCC)n(Cc3ccc(-c4ccccc4-c4nn[nH]n4)cc3)c2C(=O)O)CC1. The Morgan fingerprint density at radius 1 is 0.872 bits per heavy atom. The molecule has 0 bridgehead atoms. The van der Waals surface area contributed by atoms with Gasteiger partial charge in [-0.05, 0) is 41.2 Å². The standard InChI is InChI=1S/C35H47N9O3/c1-4-7-18-42(19-8-5-2)35(47)43-22-20-41(21-23-43)25-30-32(34(45)46)44(31(36-30)11-6-3)24-26-14-16-27(17-15-26)28-12-9-10-13-29(28)33-37-39-40-38-33/h9-10,12-17H,4-8,11,18-25H2,1-3H3,(H,45,46)(H,37,38,39,40). The van der Waals surface area contributed by atoms with Crippen molar-refractivity contribution < 1.29 is 14.7 Å². The number of imidazole rings is 1. The highest BCUT2D eigenvalue weighted by atomic mass is 16.4. The maximum Gasteiger partial charge on any atom is 0.354 e. The Morgan fingerprint density at radius 3 is 2.15 bits per heavy atom. The molecule has 2 aromatic heterocycles. The Kier molecular flexibility index (Phi) is 11.7. The van der Waals surface area contributed by atoms with Gasteiger partial charge in [0.2, 0.25) is 5.82 Å². The van der Waals surface area contributed by atoms with Crippen molar-refractivity contribution in [2.24, 2.45) is 0 Å². The highest BCUT2D eigenvalue weighted by Gasteiger charge is 2.28. The van der Waals surface area contributed by atoms with Gasteiger partial charge < -0.3 is 19.5 Å². The van der Waals surface area contributed by atoms with Crippen molar-refractivity contribution in [2.75, 3.05) is 39.3 Å². The summed E-state index contributed by atoms with van der Waals surface area (Å²) in [5, 5.41) is 24.9. The molecule has 1 saturated heterocycles. The first-order valence-corrected chi connectivity index (χ1v) is 16.9. The van der Waals surface area contributed by atoms with Crippen LogP contribution in [0, 0.1) is 0 Å². The van der Waals surface area contributed by atoms with Crippen molar-refractivity contribution >= 4 is 12.0 Å². The zero-order valence-electron chi connectivity index (χ0n) is 27.9. The molecule has 0 saturated carbocycles. The van der Waals surface area contributed by atoms with Crippen LogP contribution in [-0.2, 0) is 19.5 Å². The summed E-state index contributed by atoms with van der Waals surface area (Å²) >= 11 is 0. The number of amides is 2. The van der Waals surface area contributed by atoms with E-state index in [0.717, 1.165) is 73.3 Å². The third kappa shape index (κ3) is 8.23. The number of carboxylic acid groups (broad SMARTS) is 1. The molecular weight excluding hydrogens is 594 g/mol. The number of nitrogens with one attached hydrogen (secondary N) is 1. The summed E-state index contributed by atoms with van der Waals surface area (Å²) in [6.45, 7) is 11.4. The fourth-order valence-corrected chi connectivity index (χ4v) is 6.18. The van der Waals surface area contributed by atoms with Gasteiger partial charge in [0, 0.05) is 64.3 Å². The second-order valence-electron chi connectivity index (χ2n) is 12.2. The number of tetrazole rings is 1. The number of benzene rings is 2. The number of H-pyrrole nitrogens is 1. The van der Waals surface area contributed by atoms with Crippen molar-refractivity contribution in [1.29, 1.82) is 0 Å². The van der Waals surface area contributed by atoms with E-state index in [0.29, 0.717) is 57.2 Å². The number of unbranched alkanes of at least 4 members (excludes halogenated alkanes) is 2. The van der Waals surface area contributed by atoms with Crippen LogP contribution >= 0.6 is 0 Å². The number of rotatable bonds is 15. The number of aryl methyl sites for hydroxylation is 1. The first-order valence-electron chi connectivity index (χ1n) is 16.9. The molecule has 0 radical (unpaired) electrons. The highest BCUT2D eigenvalue weighted by Crippen LogP contribution is 2.30. The number of carboxylic acids is 1. The molecule has 5 rings (SSSR count). The van der Waals surface area contributed by atoms with Crippen LogP contribution < -0.4 is 0 Å². The number of hydrogen-bond donors (Lipinski definition) is 2. The molecular formula is C35H47N9O3. The third-order valence-electron chi connectivity index (χ3n) is 8.76. The number of piperazine rings is 1. The Bertz CT molecular complexity index is 1580. The molecule has 1 fully saturated rings. The largest absolute Gasteiger partial charge is 0.477 e. The molecule has 0 unspecified atom stereocenters. The summed E-state index contributed by atoms with van der Waals surface area (Å²) < 4.78 is 1.86. The molecule has 12 heteroatoms. The van der Waals surface area contributed by atoms with Crippen molar-refractivity contribution in [3.8, 4) is 22.5 Å². The van der Waals surface area contributed by atoms with Gasteiger partial charge in [-0.25, -0.2) is 14.6 Å². The van der Waals surface area contributed by atoms with E-state index in [1.807, 2.05) is 62.9 Å². The van der Waals surface area contributed by atoms with Gasteiger partial charge in [-0.3, -0.25) is 4.90 Å². The molecule has 1 aliphatic rings. The lowest BCUT2D eigenvalue weighted by Gasteiger charge is -2.37. The number of urea groups is 1. The fraction of sp³-hybridized carbons (Fsp3) is 0.486. The predicted octanol–water partition coefficient (Wildman–Crippen LogP) is 5.57. The minimum absolute atomic E-state index is 0.122. The lowest BCUT2D eigenvalue weighted by atomic mass is 9.98. The van der Waals surface area contributed by atoms with Crippen LogP contribution in [0.3, 0.4) is 0 Å². The molecule has 1 aliphatic heterocycles. The number of aromatic nitrogens is 6. The smallest absolute Gasteiger partial charge is 0.354 e. The Balaban J connectivity index is 1.30. The fourth-order valence-electron chi connectivity index (χ4n) is 6.18. The van der Waals surface area contributed by atoms with E-state index in [4.69, 9.17) is 4.98 Å². The molecule has 47 heavy (non-hydrogen) atoms. The van der Waals surface area contributed by atoms with Crippen LogP contribution in [0.2, 0.25) is 0 Å². The highest BCUT2D eigenvalue weighted by molar-refractivity contribution is 5.87. The first kappa shape index (κ1) is 33.8. The number of carbonyl (C=O) groups excluding carboxylic acids is 1. The first-order chi connectivity index (χ1) is 22.9. The van der Waals surface area contributed by atoms with Crippen LogP contribution in [0.5, 0.6) is 0 Å². The predicted molar refractivity (Wildman–Crippen MR) is 181 cm³/mol. The van der Waals surface area contributed by atoms with E-state index in [9.17, 15) is 14.7 Å². The van der Waals surface area contributed by atoms with Gasteiger partial charge in [0.05, 0.1) is 5.69 Å². The van der Waals surface area contributed by atoms with E-state index < -0.39 is 5.97 Å². The summed E-state index contributed by atoms with van der Waals surface area (Å²) in [5.74, 6) is 0.333. The normalized spacial score (nSPS) is 13.6. The van der Waals surface area contributed by atoms with Gasteiger partial charge in [0.25, 0.3) is 0 Å². The van der Waals surface area contributed by atoms with Gasteiger partial charge in [0.1, 0.15) is 5.82 Å². The molecule has 0 spiro atoms. The van der Waals surface area contributed by atoms with E-state index >= 15 is 0 Å². The van der Waals surface area contributed by atoms with E-state index in [2.05, 4.69) is 46.3 Å². The molecule has 4 aromatic rings. The summed E-state index contributed by atoms with van der Waals surface area (Å²) in [6, 6.07) is 16.2. The Hall–Kier alpha value is -4.58. The summed E-state index contributed by atoms with van der Waals surface area (Å²) in [4.78, 5) is 37.1. The van der Waals surface area contributed by atoms with Crippen LogP contribution in [0.25, 0.3) is 22.5 Å². The van der Waals surface area contributed by atoms with Crippen LogP contribution in [0.15, 0.2) is 48.5 Å². The monoisotopic (exact) mass is 641 g/mol. The van der Waals surface area contributed by atoms with Gasteiger partial charge in [-0.15, -0.1) is 10.2 Å². The maximum atomic E-state index is 13.3. The quantitative estimate of drug-likeness (QED) is 0.172. The van der Waals surface area contributed by atoms with Crippen LogP contribution in [0.1, 0.15) is 80.4 Å². The lowest BCUT2D eigenvalue weighted by molar-refractivity contribution is 0.0681. The van der Waals surface area contributed by atoms with Gasteiger partial charge in [-0.2, -0.15) is 5.21 Å². The number of aromatic amines is 1. The number of hydrogen-bond acceptors (Lipinski definition) is 7. The molecule has 250 valence electrons. The summed E-state index contributed by atoms with van der Waals surface area (Å²) in [7, 11) is 0. The minimum atomic E-state index is -0.975. The molecule has 0 atom stereocenters. The van der Waals surface area contributed by atoms with Gasteiger partial charge in [-0.1, -0.05) is 82.1 Å².